The highest BCUT2D eigenvalue weighted by Crippen LogP contribution is 2.57. The van der Waals surface area contributed by atoms with E-state index >= 15 is 0 Å². The van der Waals surface area contributed by atoms with Crippen molar-refractivity contribution in [2.75, 3.05) is 7.11 Å². The van der Waals surface area contributed by atoms with Crippen LogP contribution in [-0.4, -0.2) is 30.1 Å². The highest BCUT2D eigenvalue weighted by atomic mass is 16.5. The second-order valence-corrected chi connectivity index (χ2v) is 12.3. The molecule has 2 aliphatic rings. The molecule has 8 nitrogen and oxygen atoms in total. The average Bonchev–Trinajstić information content (AvgIpc) is 3.73. The molecule has 0 amide bonds. The SMILES string of the molecule is COc1ccc(C(=O)Oc2ccc(C(=O)Oc3cccc4c3C3(CCc5cccc(OC(=O)/C=C/c6ccc(CO)cc6)c53)CC4)cc2)cc1. The van der Waals surface area contributed by atoms with Gasteiger partial charge in [-0.25, -0.2) is 14.4 Å². The number of carbonyl (C=O) groups excluding carboxylic acids is 3. The van der Waals surface area contributed by atoms with Gasteiger partial charge >= 0.3 is 17.9 Å². The number of hydrogen-bond donors (Lipinski definition) is 1. The van der Waals surface area contributed by atoms with Crippen LogP contribution in [0.2, 0.25) is 0 Å². The van der Waals surface area contributed by atoms with Crippen LogP contribution < -0.4 is 18.9 Å². The summed E-state index contributed by atoms with van der Waals surface area (Å²) in [6.07, 6.45) is 6.25. The Labute approximate surface area is 289 Å². The van der Waals surface area contributed by atoms with Crippen molar-refractivity contribution in [2.24, 2.45) is 0 Å². The lowest BCUT2D eigenvalue weighted by molar-refractivity contribution is -0.129. The second kappa shape index (κ2) is 13.9. The van der Waals surface area contributed by atoms with Gasteiger partial charge in [0.2, 0.25) is 0 Å². The van der Waals surface area contributed by atoms with Gasteiger partial charge in [-0.2, -0.15) is 0 Å². The molecule has 7 rings (SSSR count). The van der Waals surface area contributed by atoms with Gasteiger partial charge in [0.1, 0.15) is 23.0 Å². The smallest absolute Gasteiger partial charge is 0.343 e. The van der Waals surface area contributed by atoms with Crippen LogP contribution in [0.25, 0.3) is 6.08 Å². The zero-order valence-corrected chi connectivity index (χ0v) is 27.4. The van der Waals surface area contributed by atoms with E-state index in [1.807, 2.05) is 36.4 Å². The molecule has 50 heavy (non-hydrogen) atoms. The molecule has 2 aliphatic carbocycles. The van der Waals surface area contributed by atoms with Gasteiger partial charge in [0, 0.05) is 22.6 Å². The minimum atomic E-state index is -0.538. The lowest BCUT2D eigenvalue weighted by Gasteiger charge is -2.29. The van der Waals surface area contributed by atoms with E-state index in [4.69, 9.17) is 18.9 Å². The lowest BCUT2D eigenvalue weighted by atomic mass is 9.76. The fourth-order valence-corrected chi connectivity index (χ4v) is 7.02. The standard InChI is InChI=1S/C42H34O8/c1-47-33-17-13-31(14-18-33)40(45)48-34-19-15-32(16-20-34)41(46)50-36-7-3-5-30-23-25-42(39(30)36)24-22-29-4-2-6-35(38(29)42)49-37(44)21-12-27-8-10-28(26-43)11-9-27/h2-21,43H,22-26H2,1H3/b21-12+. The zero-order valence-electron chi connectivity index (χ0n) is 27.4. The highest BCUT2D eigenvalue weighted by molar-refractivity contribution is 5.93. The molecular formula is C42H34O8. The molecule has 0 saturated heterocycles. The fourth-order valence-electron chi connectivity index (χ4n) is 7.02. The Hall–Kier alpha value is -5.99. The molecule has 0 bridgehead atoms. The van der Waals surface area contributed by atoms with Crippen LogP contribution in [0, 0.1) is 0 Å². The van der Waals surface area contributed by atoms with Crippen molar-refractivity contribution in [3.63, 3.8) is 0 Å². The van der Waals surface area contributed by atoms with E-state index in [2.05, 4.69) is 12.1 Å². The molecule has 0 fully saturated rings. The monoisotopic (exact) mass is 666 g/mol. The van der Waals surface area contributed by atoms with Crippen LogP contribution in [-0.2, 0) is 29.7 Å². The summed E-state index contributed by atoms with van der Waals surface area (Å²) in [6.45, 7) is -0.0463. The summed E-state index contributed by atoms with van der Waals surface area (Å²) in [4.78, 5) is 39.1. The summed E-state index contributed by atoms with van der Waals surface area (Å²) in [6, 6.07) is 31.6. The van der Waals surface area contributed by atoms with Gasteiger partial charge in [-0.15, -0.1) is 0 Å². The number of aliphatic hydroxyl groups is 1. The molecule has 1 atom stereocenters. The molecule has 1 N–H and O–H groups in total. The number of aliphatic hydroxyl groups excluding tert-OH is 1. The zero-order chi connectivity index (χ0) is 34.7. The molecule has 1 spiro atoms. The number of carbonyl (C=O) groups is 3. The number of ether oxygens (including phenoxy) is 4. The summed E-state index contributed by atoms with van der Waals surface area (Å²) in [5.41, 5.74) is 5.89. The van der Waals surface area contributed by atoms with Gasteiger partial charge in [0.25, 0.3) is 0 Å². The van der Waals surface area contributed by atoms with Crippen LogP contribution in [0.15, 0.2) is 115 Å². The molecule has 8 heteroatoms. The Balaban J connectivity index is 1.10. The predicted molar refractivity (Wildman–Crippen MR) is 187 cm³/mol. The summed E-state index contributed by atoms with van der Waals surface area (Å²) in [5.74, 6) is 0.331. The molecular weight excluding hydrogens is 632 g/mol. The van der Waals surface area contributed by atoms with Crippen molar-refractivity contribution < 1.29 is 38.4 Å². The number of esters is 3. The van der Waals surface area contributed by atoms with E-state index < -0.39 is 23.3 Å². The van der Waals surface area contributed by atoms with Crippen molar-refractivity contribution in [2.45, 2.75) is 37.7 Å². The normalized spacial score (nSPS) is 15.8. The van der Waals surface area contributed by atoms with Crippen molar-refractivity contribution in [3.8, 4) is 23.0 Å². The van der Waals surface area contributed by atoms with E-state index in [0.29, 0.717) is 34.1 Å². The first-order valence-electron chi connectivity index (χ1n) is 16.4. The summed E-state index contributed by atoms with van der Waals surface area (Å²) in [7, 11) is 1.55. The first-order chi connectivity index (χ1) is 24.4. The molecule has 0 radical (unpaired) electrons. The summed E-state index contributed by atoms with van der Waals surface area (Å²) in [5, 5.41) is 9.29. The number of methoxy groups -OCH3 is 1. The fraction of sp³-hybridized carbons (Fsp3) is 0.167. The van der Waals surface area contributed by atoms with Crippen molar-refractivity contribution in [1.29, 1.82) is 0 Å². The molecule has 0 heterocycles. The quantitative estimate of drug-likeness (QED) is 0.0984. The third-order valence-corrected chi connectivity index (χ3v) is 9.44. The number of hydrogen-bond acceptors (Lipinski definition) is 8. The molecule has 5 aromatic carbocycles. The third kappa shape index (κ3) is 6.41. The van der Waals surface area contributed by atoms with Crippen molar-refractivity contribution >= 4 is 24.0 Å². The molecule has 1 unspecified atom stereocenters. The van der Waals surface area contributed by atoms with Gasteiger partial charge in [-0.1, -0.05) is 48.5 Å². The van der Waals surface area contributed by atoms with Crippen LogP contribution in [0.5, 0.6) is 23.0 Å². The molecule has 0 aromatic heterocycles. The Morgan fingerprint density at radius 3 is 1.76 bits per heavy atom. The van der Waals surface area contributed by atoms with Gasteiger partial charge < -0.3 is 24.1 Å². The Morgan fingerprint density at radius 1 is 0.660 bits per heavy atom. The van der Waals surface area contributed by atoms with Crippen molar-refractivity contribution in [3.05, 3.63) is 160 Å². The van der Waals surface area contributed by atoms with Crippen LogP contribution in [0.3, 0.4) is 0 Å². The molecule has 250 valence electrons. The number of aryl methyl sites for hydroxylation is 2. The Bertz CT molecular complexity index is 2090. The largest absolute Gasteiger partial charge is 0.497 e. The van der Waals surface area contributed by atoms with Gasteiger partial charge in [0.15, 0.2) is 0 Å². The third-order valence-electron chi connectivity index (χ3n) is 9.44. The average molecular weight is 667 g/mol. The number of benzene rings is 5. The first-order valence-corrected chi connectivity index (χ1v) is 16.4. The van der Waals surface area contributed by atoms with Gasteiger partial charge in [-0.3, -0.25) is 0 Å². The maximum Gasteiger partial charge on any atom is 0.343 e. The van der Waals surface area contributed by atoms with Gasteiger partial charge in [-0.05, 0) is 115 Å². The van der Waals surface area contributed by atoms with Crippen molar-refractivity contribution in [1.82, 2.24) is 0 Å². The minimum absolute atomic E-state index is 0.0463. The molecule has 0 aliphatic heterocycles. The van der Waals surface area contributed by atoms with Crippen LogP contribution >= 0.6 is 0 Å². The maximum atomic E-state index is 13.5. The van der Waals surface area contributed by atoms with E-state index in [0.717, 1.165) is 59.1 Å². The first kappa shape index (κ1) is 32.6. The van der Waals surface area contributed by atoms with Gasteiger partial charge in [0.05, 0.1) is 24.8 Å². The summed E-state index contributed by atoms with van der Waals surface area (Å²) >= 11 is 0. The van der Waals surface area contributed by atoms with E-state index in [1.165, 1.54) is 6.08 Å². The topological polar surface area (TPSA) is 108 Å². The van der Waals surface area contributed by atoms with E-state index in [-0.39, 0.29) is 6.61 Å². The minimum Gasteiger partial charge on any atom is -0.497 e. The van der Waals surface area contributed by atoms with E-state index in [9.17, 15) is 19.5 Å². The highest BCUT2D eigenvalue weighted by Gasteiger charge is 2.48. The lowest BCUT2D eigenvalue weighted by Crippen LogP contribution is -2.24. The Morgan fingerprint density at radius 2 is 1.20 bits per heavy atom. The number of fused-ring (bicyclic) bond motifs is 4. The maximum absolute atomic E-state index is 13.5. The molecule has 5 aromatic rings. The Kier molecular flexibility index (Phi) is 9.02. The molecule has 0 saturated carbocycles. The van der Waals surface area contributed by atoms with Crippen LogP contribution in [0.1, 0.15) is 66.9 Å². The number of rotatable bonds is 9. The van der Waals surface area contributed by atoms with Crippen LogP contribution in [0.4, 0.5) is 0 Å². The summed E-state index contributed by atoms with van der Waals surface area (Å²) < 4.78 is 22.7. The predicted octanol–water partition coefficient (Wildman–Crippen LogP) is 7.42. The second-order valence-electron chi connectivity index (χ2n) is 12.3. The van der Waals surface area contributed by atoms with E-state index in [1.54, 1.807) is 73.8 Å².